The van der Waals surface area contributed by atoms with Gasteiger partial charge in [0, 0.05) is 32.2 Å². The molecule has 114 valence electrons. The zero-order chi connectivity index (χ0) is 13.8. The third-order valence-corrected chi connectivity index (χ3v) is 4.05. The van der Waals surface area contributed by atoms with Crippen LogP contribution in [0.4, 0.5) is 4.39 Å². The Morgan fingerprint density at radius 1 is 1.15 bits per heavy atom. The largest absolute Gasteiger partial charge is 0.314 e. The van der Waals surface area contributed by atoms with Crippen LogP contribution in [0.25, 0.3) is 0 Å². The summed E-state index contributed by atoms with van der Waals surface area (Å²) in [5, 5.41) is 3.37. The zero-order valence-corrected chi connectivity index (χ0v) is 13.5. The number of benzene rings is 1. The Morgan fingerprint density at radius 3 is 2.20 bits per heavy atom. The number of rotatable bonds is 4. The molecule has 1 aromatic carbocycles. The smallest absolute Gasteiger partial charge is 0.0912 e. The number of nitrogens with zero attached hydrogens (tertiary/aromatic N) is 1. The third kappa shape index (κ3) is 3.94. The molecular weight excluding hydrogens is 275 g/mol. The molecule has 0 amide bonds. The van der Waals surface area contributed by atoms with Crippen LogP contribution in [-0.2, 0) is 0 Å². The fraction of sp³-hybridized carbons (Fsp3) is 0.625. The second-order valence-corrected chi connectivity index (χ2v) is 5.59. The van der Waals surface area contributed by atoms with Crippen LogP contribution in [0.3, 0.4) is 0 Å². The van der Waals surface area contributed by atoms with Gasteiger partial charge in [0.15, 0.2) is 0 Å². The first kappa shape index (κ1) is 17.4. The Balaban J connectivity index is 0.00000200. The lowest BCUT2D eigenvalue weighted by molar-refractivity contribution is 0.156. The molecule has 20 heavy (non-hydrogen) atoms. The van der Waals surface area contributed by atoms with Crippen molar-refractivity contribution >= 4 is 12.4 Å². The topological polar surface area (TPSA) is 15.3 Å². The van der Waals surface area contributed by atoms with Crippen LogP contribution in [0.1, 0.15) is 34.7 Å². The van der Waals surface area contributed by atoms with E-state index in [1.54, 1.807) is 0 Å². The summed E-state index contributed by atoms with van der Waals surface area (Å²) in [7, 11) is 0. The summed E-state index contributed by atoms with van der Waals surface area (Å²) < 4.78 is 13.0. The maximum absolute atomic E-state index is 13.0. The van der Waals surface area contributed by atoms with E-state index in [2.05, 4.69) is 43.1 Å². The molecule has 2 nitrogen and oxygen atoms in total. The molecule has 1 atom stereocenters. The summed E-state index contributed by atoms with van der Waals surface area (Å²) in [5.74, 6) is 0. The Bertz CT molecular complexity index is 407. The maximum atomic E-state index is 13.0. The van der Waals surface area contributed by atoms with E-state index in [1.165, 1.54) is 22.3 Å². The minimum absolute atomic E-state index is 0. The van der Waals surface area contributed by atoms with Gasteiger partial charge >= 0.3 is 0 Å². The first-order valence-corrected chi connectivity index (χ1v) is 7.22. The van der Waals surface area contributed by atoms with Crippen molar-refractivity contribution in [2.45, 2.75) is 33.2 Å². The average molecular weight is 301 g/mol. The third-order valence-electron chi connectivity index (χ3n) is 4.05. The summed E-state index contributed by atoms with van der Waals surface area (Å²) >= 11 is 0. The second kappa shape index (κ2) is 7.96. The van der Waals surface area contributed by atoms with E-state index in [9.17, 15) is 4.39 Å². The molecule has 1 aromatic rings. The van der Waals surface area contributed by atoms with Gasteiger partial charge < -0.3 is 5.32 Å². The van der Waals surface area contributed by atoms with Gasteiger partial charge in [0.2, 0.25) is 0 Å². The molecule has 0 radical (unpaired) electrons. The van der Waals surface area contributed by atoms with E-state index in [0.717, 1.165) is 26.2 Å². The molecule has 1 saturated heterocycles. The summed E-state index contributed by atoms with van der Waals surface area (Å²) in [5.41, 5.74) is 5.23. The van der Waals surface area contributed by atoms with Gasteiger partial charge in [0.05, 0.1) is 6.67 Å². The Hall–Kier alpha value is -0.640. The van der Waals surface area contributed by atoms with Crippen molar-refractivity contribution in [2.75, 3.05) is 32.9 Å². The molecule has 0 aliphatic carbocycles. The summed E-state index contributed by atoms with van der Waals surface area (Å²) in [6.45, 7) is 10.2. The lowest BCUT2D eigenvalue weighted by Crippen LogP contribution is -2.45. The number of hydrogen-bond acceptors (Lipinski definition) is 2. The van der Waals surface area contributed by atoms with Crippen molar-refractivity contribution in [2.24, 2.45) is 0 Å². The highest BCUT2D eigenvalue weighted by Crippen LogP contribution is 2.31. The molecule has 0 spiro atoms. The Kier molecular flexibility index (Phi) is 6.93. The first-order valence-electron chi connectivity index (χ1n) is 7.22. The van der Waals surface area contributed by atoms with Crippen molar-refractivity contribution in [1.82, 2.24) is 10.2 Å². The lowest BCUT2D eigenvalue weighted by Gasteiger charge is -2.36. The molecule has 1 aliphatic rings. The van der Waals surface area contributed by atoms with Crippen molar-refractivity contribution in [3.8, 4) is 0 Å². The SMILES string of the molecule is Cc1cc(C)c([C@@H](CCF)N2CCNCC2)c(C)c1.Cl. The van der Waals surface area contributed by atoms with Crippen molar-refractivity contribution in [3.05, 3.63) is 34.4 Å². The van der Waals surface area contributed by atoms with Gasteiger partial charge in [-0.1, -0.05) is 17.7 Å². The molecule has 1 N–H and O–H groups in total. The van der Waals surface area contributed by atoms with Gasteiger partial charge in [-0.05, 0) is 43.9 Å². The zero-order valence-electron chi connectivity index (χ0n) is 12.7. The fourth-order valence-electron chi connectivity index (χ4n) is 3.32. The van der Waals surface area contributed by atoms with Gasteiger partial charge in [0.25, 0.3) is 0 Å². The Labute approximate surface area is 128 Å². The lowest BCUT2D eigenvalue weighted by atomic mass is 9.91. The minimum Gasteiger partial charge on any atom is -0.314 e. The predicted molar refractivity (Wildman–Crippen MR) is 85.7 cm³/mol. The van der Waals surface area contributed by atoms with E-state index >= 15 is 0 Å². The van der Waals surface area contributed by atoms with Gasteiger partial charge in [-0.2, -0.15) is 0 Å². The molecule has 0 aromatic heterocycles. The highest BCUT2D eigenvalue weighted by molar-refractivity contribution is 5.85. The van der Waals surface area contributed by atoms with Gasteiger partial charge in [-0.15, -0.1) is 12.4 Å². The fourth-order valence-corrected chi connectivity index (χ4v) is 3.32. The van der Waals surface area contributed by atoms with E-state index in [-0.39, 0.29) is 25.1 Å². The maximum Gasteiger partial charge on any atom is 0.0912 e. The van der Waals surface area contributed by atoms with Gasteiger partial charge in [0.1, 0.15) is 0 Å². The Morgan fingerprint density at radius 2 is 1.70 bits per heavy atom. The summed E-state index contributed by atoms with van der Waals surface area (Å²) in [4.78, 5) is 2.43. The van der Waals surface area contributed by atoms with Gasteiger partial charge in [-0.25, -0.2) is 0 Å². The van der Waals surface area contributed by atoms with Crippen LogP contribution in [-0.4, -0.2) is 37.8 Å². The van der Waals surface area contributed by atoms with E-state index < -0.39 is 0 Å². The normalized spacial score (nSPS) is 17.6. The van der Waals surface area contributed by atoms with E-state index in [0.29, 0.717) is 6.42 Å². The standard InChI is InChI=1S/C16H25FN2.ClH/c1-12-10-13(2)16(14(3)11-12)15(4-5-17)19-8-6-18-7-9-19;/h10-11,15,18H,4-9H2,1-3H3;1H/t15-;/m1./s1. The predicted octanol–water partition coefficient (Wildman–Crippen LogP) is 3.34. The van der Waals surface area contributed by atoms with Crippen LogP contribution in [0.5, 0.6) is 0 Å². The quantitative estimate of drug-likeness (QED) is 0.917. The van der Waals surface area contributed by atoms with Crippen LogP contribution in [0, 0.1) is 20.8 Å². The monoisotopic (exact) mass is 300 g/mol. The molecule has 0 bridgehead atoms. The van der Waals surface area contributed by atoms with Crippen LogP contribution < -0.4 is 5.32 Å². The van der Waals surface area contributed by atoms with Crippen molar-refractivity contribution in [1.29, 1.82) is 0 Å². The van der Waals surface area contributed by atoms with Crippen molar-refractivity contribution in [3.63, 3.8) is 0 Å². The molecule has 2 rings (SSSR count). The molecular formula is C16H26ClFN2. The molecule has 1 aliphatic heterocycles. The summed E-state index contributed by atoms with van der Waals surface area (Å²) in [6, 6.07) is 4.67. The molecule has 4 heteroatoms. The number of halogens is 2. The number of aryl methyl sites for hydroxylation is 3. The molecule has 0 unspecified atom stereocenters. The highest BCUT2D eigenvalue weighted by atomic mass is 35.5. The van der Waals surface area contributed by atoms with Gasteiger partial charge in [-0.3, -0.25) is 9.29 Å². The van der Waals surface area contributed by atoms with Crippen molar-refractivity contribution < 1.29 is 4.39 Å². The molecule has 1 heterocycles. The van der Waals surface area contributed by atoms with Crippen LogP contribution in [0.2, 0.25) is 0 Å². The summed E-state index contributed by atoms with van der Waals surface area (Å²) in [6.07, 6.45) is 0.602. The first-order chi connectivity index (χ1) is 9.13. The minimum atomic E-state index is -0.249. The van der Waals surface area contributed by atoms with Crippen LogP contribution in [0.15, 0.2) is 12.1 Å². The second-order valence-electron chi connectivity index (χ2n) is 5.59. The highest BCUT2D eigenvalue weighted by Gasteiger charge is 2.24. The van der Waals surface area contributed by atoms with E-state index in [4.69, 9.17) is 0 Å². The number of nitrogens with one attached hydrogen (secondary N) is 1. The number of alkyl halides is 1. The van der Waals surface area contributed by atoms with Crippen LogP contribution >= 0.6 is 12.4 Å². The van der Waals surface area contributed by atoms with E-state index in [1.807, 2.05) is 0 Å². The molecule has 0 saturated carbocycles. The average Bonchev–Trinajstić information content (AvgIpc) is 2.37. The molecule has 1 fully saturated rings. The number of piperazine rings is 1. The number of hydrogen-bond donors (Lipinski definition) is 1.